The predicted molar refractivity (Wildman–Crippen MR) is 597 cm³/mol. The maximum Gasteiger partial charge on any atom is 0.325 e. The molecule has 8 aliphatic rings. The first-order valence-corrected chi connectivity index (χ1v) is 51.9. The van der Waals surface area contributed by atoms with Crippen molar-refractivity contribution in [3.05, 3.63) is 408 Å². The smallest absolute Gasteiger partial charge is 0.325 e. The third-order valence-corrected chi connectivity index (χ3v) is 32.0. The van der Waals surface area contributed by atoms with E-state index in [1.165, 1.54) is 16.0 Å². The molecular formula is C126H147N15O9. The molecule has 3 N–H and O–H groups in total. The second-order valence-electron chi connectivity index (χ2n) is 40.1. The minimum atomic E-state index is -1.00. The Balaban J connectivity index is 0.000000157. The maximum absolute atomic E-state index is 13.9. The first kappa shape index (κ1) is 111. The lowest BCUT2D eigenvalue weighted by Gasteiger charge is -2.44. The molecule has 5 amide bonds. The van der Waals surface area contributed by atoms with E-state index in [4.69, 9.17) is 4.74 Å². The second kappa shape index (κ2) is 50.8. The predicted octanol–water partition coefficient (Wildman–Crippen LogP) is 19.1. The van der Waals surface area contributed by atoms with Crippen molar-refractivity contribution in [2.75, 3.05) is 159 Å². The monoisotopic (exact) mass is 2010 g/mol. The molecule has 20 rings (SSSR count). The summed E-state index contributed by atoms with van der Waals surface area (Å²) in [6.07, 6.45) is 8.80. The number of anilines is 4. The number of nitrogens with zero attached hydrogens (tertiary/aromatic N) is 13. The van der Waals surface area contributed by atoms with Crippen LogP contribution in [0.15, 0.2) is 364 Å². The summed E-state index contributed by atoms with van der Waals surface area (Å²) in [4.78, 5) is 114. The van der Waals surface area contributed by atoms with Crippen LogP contribution in [0.25, 0.3) is 0 Å². The van der Waals surface area contributed by atoms with Crippen LogP contribution < -0.4 is 30.2 Å². The molecule has 24 heteroatoms. The summed E-state index contributed by atoms with van der Waals surface area (Å²) >= 11 is 0. The van der Waals surface area contributed by atoms with Gasteiger partial charge < -0.3 is 74.4 Å². The third-order valence-electron chi connectivity index (χ3n) is 32.0. The van der Waals surface area contributed by atoms with Crippen LogP contribution in [0.5, 0.6) is 0 Å². The van der Waals surface area contributed by atoms with Gasteiger partial charge in [-0.2, -0.15) is 10.5 Å². The molecule has 4 spiro atoms. The summed E-state index contributed by atoms with van der Waals surface area (Å²) < 4.78 is 5.15. The topological polar surface area (TPSA) is 256 Å². The lowest BCUT2D eigenvalue weighted by atomic mass is 9.70. The van der Waals surface area contributed by atoms with Crippen LogP contribution in [0.2, 0.25) is 0 Å². The number of esters is 1. The molecule has 0 saturated carbocycles. The van der Waals surface area contributed by atoms with Crippen LogP contribution in [-0.4, -0.2) is 242 Å². The van der Waals surface area contributed by atoms with Crippen molar-refractivity contribution >= 4 is 64.2 Å². The normalized spacial score (nSPS) is 17.2. The molecule has 8 aliphatic heterocycles. The number of carbonyl (C=O) groups excluding carboxylic acids is 6. The van der Waals surface area contributed by atoms with E-state index in [2.05, 4.69) is 208 Å². The highest BCUT2D eigenvalue weighted by atomic mass is 16.5. The highest BCUT2D eigenvalue weighted by Crippen LogP contribution is 2.47. The minimum Gasteiger partial charge on any atom is -0.480 e. The van der Waals surface area contributed by atoms with Crippen LogP contribution in [-0.2, 0) is 54.5 Å². The SMILES string of the molecule is C.C.C.CCOC(=O)CN1CN(c2ccccc2)C2(CCN(CCC(c3ccccc3)c3ccccc3)CC2)C1=O.CN(C)C(=O)C(CCN1CCC2(CC1)C(=O)NCN2c1ccccc1)(c1ccccc1)c1ccccc1.N#CC(CCN1CCC2(CC1)C(=O)N(CC(=O)O)CN2c1ccccc1)(c1ccccc1)c1ccccc1.N#CC(CCN1CCC2(CC1)C(=O)NCN2c1ccccc1)(c1ccccc1)c1ccccc1. The van der Waals surface area contributed by atoms with E-state index in [-0.39, 0.29) is 77.5 Å². The Morgan fingerprint density at radius 3 is 0.907 bits per heavy atom. The number of carbonyl (C=O) groups is 7. The Morgan fingerprint density at radius 2 is 0.620 bits per heavy atom. The van der Waals surface area contributed by atoms with Crippen molar-refractivity contribution < 1.29 is 43.4 Å². The first-order valence-electron chi connectivity index (χ1n) is 51.9. The molecule has 0 aromatic heterocycles. The molecule has 0 atom stereocenters. The molecule has 780 valence electrons. The molecule has 8 fully saturated rings. The van der Waals surface area contributed by atoms with Gasteiger partial charge in [-0.15, -0.1) is 0 Å². The number of rotatable bonds is 30. The fraction of sp³-hybridized carbons (Fsp3) is 0.357. The number of carboxylic acid groups (broad SMARTS) is 1. The number of piperidine rings is 4. The van der Waals surface area contributed by atoms with E-state index >= 15 is 0 Å². The van der Waals surface area contributed by atoms with Gasteiger partial charge in [0.05, 0.1) is 45.4 Å². The van der Waals surface area contributed by atoms with Crippen molar-refractivity contribution in [2.24, 2.45) is 0 Å². The molecule has 24 nitrogen and oxygen atoms in total. The number of likely N-dealkylation sites (tertiary alicyclic amines) is 4. The van der Waals surface area contributed by atoms with Crippen molar-refractivity contribution in [1.82, 2.24) is 44.9 Å². The Bertz CT molecular complexity index is 6260. The van der Waals surface area contributed by atoms with Crippen LogP contribution in [0.4, 0.5) is 22.7 Å². The number of aliphatic carboxylic acids is 1. The number of carboxylic acids is 1. The fourth-order valence-corrected chi connectivity index (χ4v) is 23.8. The van der Waals surface area contributed by atoms with Gasteiger partial charge in [0.25, 0.3) is 11.8 Å². The number of nitrogens with one attached hydrogen (secondary N) is 2. The van der Waals surface area contributed by atoms with Crippen molar-refractivity contribution in [1.29, 1.82) is 10.5 Å². The number of ether oxygens (including phenoxy) is 1. The van der Waals surface area contributed by atoms with Crippen molar-refractivity contribution in [2.45, 2.75) is 151 Å². The van der Waals surface area contributed by atoms with E-state index in [1.54, 1.807) is 16.7 Å². The highest BCUT2D eigenvalue weighted by molar-refractivity contribution is 5.98. The second-order valence-corrected chi connectivity index (χ2v) is 40.1. The quantitative estimate of drug-likeness (QED) is 0.0354. The molecule has 0 bridgehead atoms. The van der Waals surface area contributed by atoms with Gasteiger partial charge in [-0.05, 0) is 190 Å². The highest BCUT2D eigenvalue weighted by Gasteiger charge is 2.58. The summed E-state index contributed by atoms with van der Waals surface area (Å²) in [6, 6.07) is 128. The van der Waals surface area contributed by atoms with Crippen LogP contribution in [0.1, 0.15) is 157 Å². The Morgan fingerprint density at radius 1 is 0.360 bits per heavy atom. The standard InChI is InChI=1S/C32H37N3O3.C31H32N4O3.C31H36N4O2.C29H30N4O.3CH4/c1-2-38-30(36)24-34-25-35(28-16-10-5-11-17-28)32(31(34)37)19-22-33(23-20-32)21-18-29(26-12-6-3-7-13-26)27-14-8-4-9-15-27;32-23-30(25-10-4-1-5-11-25,26-12-6-2-7-13-26)16-19-33-20-17-31(18-21-33)29(38)34(22-28(36)37)24-35(31)27-14-8-3-9-15-27;1-33(2)29(37)31(25-12-6-3-7-13-25,26-14-8-4-9-15-26)20-23-34-21-18-30(19-22-34)28(36)32-24-35(30)27-16-10-5-11-17-27;30-22-28(24-10-4-1-5-11-24,25-12-6-2-7-13-25)16-19-32-20-17-29(18-21-32)27(34)31-23-33(29)26-14-8-3-9-15-26;;;/h3-17,29H,2,18-25H2,1H3;1-15H,16-22,24H2,(H,36,37);3-17H,18-24H2,1-2H3,(H,32,36);1-15H,16-21,23H2,(H,31,34);3*1H4. The molecule has 8 heterocycles. The summed E-state index contributed by atoms with van der Waals surface area (Å²) in [5, 5.41) is 36.5. The van der Waals surface area contributed by atoms with Gasteiger partial charge in [0.1, 0.15) is 51.5 Å². The Kier molecular flexibility index (Phi) is 37.4. The minimum absolute atomic E-state index is 0. The van der Waals surface area contributed by atoms with Gasteiger partial charge in [0.2, 0.25) is 17.7 Å². The molecule has 0 radical (unpaired) electrons. The number of hydrogen-bond donors (Lipinski definition) is 3. The number of nitriles is 2. The van der Waals surface area contributed by atoms with Gasteiger partial charge in [0.15, 0.2) is 0 Å². The number of para-hydroxylation sites is 4. The summed E-state index contributed by atoms with van der Waals surface area (Å²) in [5.41, 5.74) is 8.23. The van der Waals surface area contributed by atoms with Gasteiger partial charge in [-0.3, -0.25) is 33.6 Å². The zero-order chi connectivity index (χ0) is 102. The summed E-state index contributed by atoms with van der Waals surface area (Å²) in [7, 11) is 3.68. The van der Waals surface area contributed by atoms with Crippen molar-refractivity contribution in [3.8, 4) is 12.1 Å². The van der Waals surface area contributed by atoms with Gasteiger partial charge >= 0.3 is 11.9 Å². The van der Waals surface area contributed by atoms with Gasteiger partial charge in [-0.25, -0.2) is 0 Å². The number of amides is 5. The van der Waals surface area contributed by atoms with E-state index < -0.39 is 44.4 Å². The first-order chi connectivity index (χ1) is 71.7. The molecule has 0 unspecified atom stereocenters. The average Bonchev–Trinajstić information content (AvgIpc) is 1.66. The summed E-state index contributed by atoms with van der Waals surface area (Å²) in [6.45, 7) is 13.2. The number of likely N-dealkylation sites (N-methyl/N-ethyl adjacent to an activating group) is 1. The van der Waals surface area contributed by atoms with E-state index in [0.29, 0.717) is 84.3 Å². The molecule has 12 aromatic rings. The van der Waals surface area contributed by atoms with E-state index in [0.717, 1.165) is 160 Å². The van der Waals surface area contributed by atoms with Crippen LogP contribution in [0.3, 0.4) is 0 Å². The van der Waals surface area contributed by atoms with Gasteiger partial charge in [0, 0.05) is 108 Å². The largest absolute Gasteiger partial charge is 0.480 e. The maximum atomic E-state index is 13.9. The fourth-order valence-electron chi connectivity index (χ4n) is 23.8. The molecule has 0 aliphatic carbocycles. The molecule has 12 aromatic carbocycles. The Hall–Kier alpha value is -15.1. The zero-order valence-electron chi connectivity index (χ0n) is 84.7. The average molecular weight is 2020 g/mol. The van der Waals surface area contributed by atoms with Crippen LogP contribution in [0, 0.1) is 22.7 Å². The van der Waals surface area contributed by atoms with E-state index in [1.807, 2.05) is 232 Å². The lowest BCUT2D eigenvalue weighted by Crippen LogP contribution is -2.57. The number of benzene rings is 12. The molecule has 150 heavy (non-hydrogen) atoms. The van der Waals surface area contributed by atoms with Gasteiger partial charge in [-0.1, -0.05) is 338 Å². The zero-order valence-corrected chi connectivity index (χ0v) is 84.7. The molecular weight excluding hydrogens is 1870 g/mol. The third kappa shape index (κ3) is 23.6. The Labute approximate surface area is 887 Å². The van der Waals surface area contributed by atoms with E-state index in [9.17, 15) is 49.2 Å². The molecule has 8 saturated heterocycles. The van der Waals surface area contributed by atoms with Crippen LogP contribution >= 0.6 is 0 Å². The number of hydrogen-bond acceptors (Lipinski definition) is 18. The van der Waals surface area contributed by atoms with Crippen molar-refractivity contribution in [3.63, 3.8) is 0 Å². The summed E-state index contributed by atoms with van der Waals surface area (Å²) in [5.74, 6) is -0.737. The lowest BCUT2D eigenvalue weighted by molar-refractivity contribution is -0.148.